The predicted octanol–water partition coefficient (Wildman–Crippen LogP) is 2.12. The number of aromatic nitrogens is 2. The molecular weight excluding hydrogens is 162 g/mol. The van der Waals surface area contributed by atoms with Crippen LogP contribution in [0.1, 0.15) is 0 Å². The van der Waals surface area contributed by atoms with Crippen molar-refractivity contribution in [1.29, 1.82) is 0 Å². The van der Waals surface area contributed by atoms with Crippen molar-refractivity contribution in [2.45, 2.75) is 0 Å². The molecule has 2 N–H and O–H groups in total. The minimum atomic E-state index is 0.950. The van der Waals surface area contributed by atoms with E-state index in [1.165, 1.54) is 5.56 Å². The third-order valence-corrected chi connectivity index (χ3v) is 1.97. The van der Waals surface area contributed by atoms with Crippen molar-refractivity contribution in [3.63, 3.8) is 0 Å². The van der Waals surface area contributed by atoms with Crippen LogP contribution in [0.25, 0.3) is 11.1 Å². The summed E-state index contributed by atoms with van der Waals surface area (Å²) in [6.07, 6.45) is 1.82. The van der Waals surface area contributed by atoms with Crippen molar-refractivity contribution >= 4 is 5.82 Å². The molecule has 0 saturated heterocycles. The number of H-pyrrole nitrogens is 1. The van der Waals surface area contributed by atoms with Crippen LogP contribution in [0.3, 0.4) is 0 Å². The van der Waals surface area contributed by atoms with Gasteiger partial charge in [-0.05, 0) is 5.56 Å². The summed E-state index contributed by atoms with van der Waals surface area (Å²) in [6.45, 7) is 0. The number of hydrogen-bond donors (Lipinski definition) is 2. The first kappa shape index (κ1) is 7.86. The van der Waals surface area contributed by atoms with E-state index in [9.17, 15) is 0 Å². The van der Waals surface area contributed by atoms with Crippen LogP contribution in [0.5, 0.6) is 0 Å². The van der Waals surface area contributed by atoms with Crippen molar-refractivity contribution in [1.82, 2.24) is 10.2 Å². The molecule has 1 aromatic heterocycles. The van der Waals surface area contributed by atoms with Crippen molar-refractivity contribution in [2.24, 2.45) is 0 Å². The Bertz CT molecular complexity index is 378. The Kier molecular flexibility index (Phi) is 2.00. The lowest BCUT2D eigenvalue weighted by Gasteiger charge is -2.00. The molecule has 1 aromatic carbocycles. The van der Waals surface area contributed by atoms with Gasteiger partial charge in [0.25, 0.3) is 0 Å². The van der Waals surface area contributed by atoms with Crippen LogP contribution in [-0.2, 0) is 0 Å². The first-order valence-electron chi connectivity index (χ1n) is 4.18. The van der Waals surface area contributed by atoms with Gasteiger partial charge in [0.1, 0.15) is 5.82 Å². The van der Waals surface area contributed by atoms with Crippen LogP contribution in [-0.4, -0.2) is 17.2 Å². The summed E-state index contributed by atoms with van der Waals surface area (Å²) in [4.78, 5) is 0. The molecule has 0 spiro atoms. The van der Waals surface area contributed by atoms with Gasteiger partial charge >= 0.3 is 0 Å². The van der Waals surface area contributed by atoms with E-state index in [1.807, 2.05) is 31.4 Å². The van der Waals surface area contributed by atoms with Gasteiger partial charge in [-0.15, -0.1) is 0 Å². The standard InChI is InChI=1S/C10H11N3/c1-11-10-9(7-12-13-10)8-5-3-2-4-6-8/h2-7H,1H3,(H2,11,12,13). The zero-order chi connectivity index (χ0) is 9.10. The fraction of sp³-hybridized carbons (Fsp3) is 0.100. The van der Waals surface area contributed by atoms with Crippen molar-refractivity contribution < 1.29 is 0 Å². The molecule has 0 aliphatic rings. The second-order valence-electron chi connectivity index (χ2n) is 2.77. The molecule has 1 heterocycles. The first-order chi connectivity index (χ1) is 6.42. The monoisotopic (exact) mass is 173 g/mol. The number of nitrogens with zero attached hydrogens (tertiary/aromatic N) is 1. The van der Waals surface area contributed by atoms with E-state index in [-0.39, 0.29) is 0 Å². The smallest absolute Gasteiger partial charge is 0.129 e. The molecule has 2 aromatic rings. The largest absolute Gasteiger partial charge is 0.373 e. The van der Waals surface area contributed by atoms with E-state index in [0.29, 0.717) is 0 Å². The van der Waals surface area contributed by atoms with Gasteiger partial charge in [0.2, 0.25) is 0 Å². The number of rotatable bonds is 2. The average molecular weight is 173 g/mol. The Balaban J connectivity index is 2.47. The Morgan fingerprint density at radius 2 is 2.00 bits per heavy atom. The third kappa shape index (κ3) is 1.40. The van der Waals surface area contributed by atoms with Crippen molar-refractivity contribution in [2.75, 3.05) is 12.4 Å². The number of aromatic amines is 1. The van der Waals surface area contributed by atoms with Crippen LogP contribution in [0.15, 0.2) is 36.5 Å². The van der Waals surface area contributed by atoms with Crippen LogP contribution in [0.2, 0.25) is 0 Å². The average Bonchev–Trinajstić information content (AvgIpc) is 2.67. The summed E-state index contributed by atoms with van der Waals surface area (Å²) in [7, 11) is 1.87. The van der Waals surface area contributed by atoms with E-state index >= 15 is 0 Å². The topological polar surface area (TPSA) is 40.7 Å². The van der Waals surface area contributed by atoms with E-state index in [4.69, 9.17) is 0 Å². The fourth-order valence-electron chi connectivity index (χ4n) is 1.31. The van der Waals surface area contributed by atoms with Gasteiger partial charge in [-0.1, -0.05) is 30.3 Å². The summed E-state index contributed by atoms with van der Waals surface area (Å²) < 4.78 is 0. The number of hydrogen-bond acceptors (Lipinski definition) is 2. The molecule has 3 nitrogen and oxygen atoms in total. The number of anilines is 1. The highest BCUT2D eigenvalue weighted by Gasteiger charge is 2.03. The Hall–Kier alpha value is -1.77. The summed E-state index contributed by atoms with van der Waals surface area (Å²) in [5.41, 5.74) is 2.27. The predicted molar refractivity (Wildman–Crippen MR) is 53.6 cm³/mol. The SMILES string of the molecule is CNc1[nH]ncc1-c1ccccc1. The maximum atomic E-state index is 3.98. The summed E-state index contributed by atoms with van der Waals surface area (Å²) in [5.74, 6) is 0.950. The van der Waals surface area contributed by atoms with Crippen molar-refractivity contribution in [3.05, 3.63) is 36.5 Å². The van der Waals surface area contributed by atoms with Crippen LogP contribution >= 0.6 is 0 Å². The molecule has 2 rings (SSSR count). The van der Waals surface area contributed by atoms with Gasteiger partial charge in [0, 0.05) is 12.6 Å². The Labute approximate surface area is 76.8 Å². The Morgan fingerprint density at radius 3 is 2.69 bits per heavy atom. The van der Waals surface area contributed by atoms with E-state index in [2.05, 4.69) is 27.6 Å². The normalized spacial score (nSPS) is 9.92. The van der Waals surface area contributed by atoms with Crippen LogP contribution in [0, 0.1) is 0 Å². The lowest BCUT2D eigenvalue weighted by Crippen LogP contribution is -1.89. The quantitative estimate of drug-likeness (QED) is 0.730. The maximum Gasteiger partial charge on any atom is 0.129 e. The third-order valence-electron chi connectivity index (χ3n) is 1.97. The first-order valence-corrected chi connectivity index (χ1v) is 4.18. The van der Waals surface area contributed by atoms with Gasteiger partial charge in [0.15, 0.2) is 0 Å². The molecule has 0 fully saturated rings. The molecule has 0 amide bonds. The lowest BCUT2D eigenvalue weighted by atomic mass is 10.1. The number of benzene rings is 1. The van der Waals surface area contributed by atoms with Gasteiger partial charge in [-0.3, -0.25) is 5.10 Å². The zero-order valence-electron chi connectivity index (χ0n) is 7.41. The molecule has 0 aliphatic carbocycles. The molecule has 0 saturated carbocycles. The summed E-state index contributed by atoms with van der Waals surface area (Å²) in [6, 6.07) is 10.2. The van der Waals surface area contributed by atoms with Crippen LogP contribution < -0.4 is 5.32 Å². The van der Waals surface area contributed by atoms with Crippen LogP contribution in [0.4, 0.5) is 5.82 Å². The van der Waals surface area contributed by atoms with Gasteiger partial charge in [-0.25, -0.2) is 0 Å². The Morgan fingerprint density at radius 1 is 1.23 bits per heavy atom. The molecular formula is C10H11N3. The molecule has 0 atom stereocenters. The maximum absolute atomic E-state index is 3.98. The zero-order valence-corrected chi connectivity index (χ0v) is 7.41. The molecule has 13 heavy (non-hydrogen) atoms. The van der Waals surface area contributed by atoms with Gasteiger partial charge in [0.05, 0.1) is 6.20 Å². The molecule has 66 valence electrons. The highest BCUT2D eigenvalue weighted by Crippen LogP contribution is 2.24. The van der Waals surface area contributed by atoms with Gasteiger partial charge in [-0.2, -0.15) is 5.10 Å². The molecule has 0 radical (unpaired) electrons. The van der Waals surface area contributed by atoms with Crippen molar-refractivity contribution in [3.8, 4) is 11.1 Å². The molecule has 3 heteroatoms. The lowest BCUT2D eigenvalue weighted by molar-refractivity contribution is 1.09. The summed E-state index contributed by atoms with van der Waals surface area (Å²) in [5, 5.41) is 9.93. The highest BCUT2D eigenvalue weighted by molar-refractivity contribution is 5.74. The van der Waals surface area contributed by atoms with E-state index in [0.717, 1.165) is 11.4 Å². The molecule has 0 unspecified atom stereocenters. The summed E-state index contributed by atoms with van der Waals surface area (Å²) >= 11 is 0. The molecule has 0 bridgehead atoms. The minimum Gasteiger partial charge on any atom is -0.373 e. The second kappa shape index (κ2) is 3.31. The van der Waals surface area contributed by atoms with E-state index in [1.54, 1.807) is 0 Å². The minimum absolute atomic E-state index is 0.950. The number of nitrogens with one attached hydrogen (secondary N) is 2. The molecule has 0 aliphatic heterocycles. The second-order valence-corrected chi connectivity index (χ2v) is 2.77. The van der Waals surface area contributed by atoms with E-state index < -0.39 is 0 Å². The highest BCUT2D eigenvalue weighted by atomic mass is 15.2. The van der Waals surface area contributed by atoms with Gasteiger partial charge < -0.3 is 5.32 Å². The fourth-order valence-corrected chi connectivity index (χ4v) is 1.31.